The first kappa shape index (κ1) is 23.7. The maximum atomic E-state index is 12.8. The van der Waals surface area contributed by atoms with Gasteiger partial charge in [0.2, 0.25) is 0 Å². The van der Waals surface area contributed by atoms with Crippen LogP contribution >= 0.6 is 11.3 Å². The number of H-pyrrole nitrogens is 1. The number of fused-ring (bicyclic) bond motifs is 1. The smallest absolute Gasteiger partial charge is 0.274 e. The summed E-state index contributed by atoms with van der Waals surface area (Å²) in [5.41, 5.74) is 1.90. The maximum absolute atomic E-state index is 12.8. The van der Waals surface area contributed by atoms with Crippen LogP contribution in [0.4, 0.5) is 0 Å². The van der Waals surface area contributed by atoms with Crippen molar-refractivity contribution in [2.24, 2.45) is 7.05 Å². The number of ether oxygens (including phenoxy) is 1. The van der Waals surface area contributed by atoms with Crippen molar-refractivity contribution in [2.45, 2.75) is 39.9 Å². The Kier molecular flexibility index (Phi) is 6.33. The van der Waals surface area contributed by atoms with Crippen molar-refractivity contribution in [3.8, 4) is 16.2 Å². The number of aryl methyl sites for hydroxylation is 2. The van der Waals surface area contributed by atoms with Gasteiger partial charge in [-0.3, -0.25) is 14.6 Å². The zero-order valence-corrected chi connectivity index (χ0v) is 20.7. The highest BCUT2D eigenvalue weighted by Gasteiger charge is 2.25. The van der Waals surface area contributed by atoms with Crippen LogP contribution in [0, 0.1) is 6.92 Å². The van der Waals surface area contributed by atoms with Crippen LogP contribution in [-0.4, -0.2) is 32.1 Å². The molecule has 0 saturated carbocycles. The average Bonchev–Trinajstić information content (AvgIpc) is 3.41. The highest BCUT2D eigenvalue weighted by Crippen LogP contribution is 2.44. The molecule has 0 bridgehead atoms. The van der Waals surface area contributed by atoms with E-state index in [-0.39, 0.29) is 18.1 Å². The Morgan fingerprint density at radius 2 is 2.12 bits per heavy atom. The lowest BCUT2D eigenvalue weighted by atomic mass is 10.1. The SMILES string of the molecule is CCNC(=O)c1cc2c(-c3sc(C(C)(C)O)cc3OCc3ncccc3C)cn(C)c(=O)c2[nH]1. The Labute approximate surface area is 201 Å². The van der Waals surface area contributed by atoms with Crippen molar-refractivity contribution in [3.05, 3.63) is 68.8 Å². The second-order valence-electron chi connectivity index (χ2n) is 8.71. The first-order valence-corrected chi connectivity index (χ1v) is 11.8. The minimum absolute atomic E-state index is 0.236. The van der Waals surface area contributed by atoms with E-state index >= 15 is 0 Å². The molecular formula is C25H28N4O4S. The number of nitrogens with one attached hydrogen (secondary N) is 2. The number of hydrogen-bond donors (Lipinski definition) is 3. The van der Waals surface area contributed by atoms with E-state index < -0.39 is 5.60 Å². The molecule has 0 radical (unpaired) electrons. The fourth-order valence-corrected chi connectivity index (χ4v) is 4.81. The van der Waals surface area contributed by atoms with Gasteiger partial charge in [-0.15, -0.1) is 11.3 Å². The minimum Gasteiger partial charge on any atom is -0.486 e. The summed E-state index contributed by atoms with van der Waals surface area (Å²) in [6, 6.07) is 7.36. The molecule has 1 amide bonds. The van der Waals surface area contributed by atoms with E-state index in [4.69, 9.17) is 4.74 Å². The van der Waals surface area contributed by atoms with E-state index in [0.717, 1.165) is 26.6 Å². The van der Waals surface area contributed by atoms with Crippen LogP contribution in [0.2, 0.25) is 0 Å². The third kappa shape index (κ3) is 4.49. The summed E-state index contributed by atoms with van der Waals surface area (Å²) in [5, 5.41) is 14.1. The third-order valence-corrected chi connectivity index (χ3v) is 7.04. The van der Waals surface area contributed by atoms with Crippen LogP contribution in [0.15, 0.2) is 41.5 Å². The number of aromatic nitrogens is 3. The standard InChI is InChI=1S/C25H28N4O4S/c1-6-26-23(30)17-10-15-16(12-29(5)24(31)21(15)28-17)22-19(11-20(34-22)25(3,4)32)33-13-18-14(2)8-7-9-27-18/h7-12,28,32H,6,13H2,1-5H3,(H,26,30). The van der Waals surface area contributed by atoms with Gasteiger partial charge in [0.25, 0.3) is 11.5 Å². The Bertz CT molecular complexity index is 1430. The molecule has 4 aromatic rings. The topological polar surface area (TPSA) is 109 Å². The monoisotopic (exact) mass is 480 g/mol. The molecule has 178 valence electrons. The molecule has 0 spiro atoms. The van der Waals surface area contributed by atoms with Crippen molar-refractivity contribution >= 4 is 28.1 Å². The average molecular weight is 481 g/mol. The number of hydrogen-bond acceptors (Lipinski definition) is 6. The molecule has 4 rings (SSSR count). The van der Waals surface area contributed by atoms with Gasteiger partial charge < -0.3 is 24.7 Å². The molecule has 0 saturated heterocycles. The fraction of sp³-hybridized carbons (Fsp3) is 0.320. The molecule has 0 aliphatic carbocycles. The molecule has 0 aliphatic heterocycles. The summed E-state index contributed by atoms with van der Waals surface area (Å²) in [4.78, 5) is 34.1. The van der Waals surface area contributed by atoms with Gasteiger partial charge in [0.15, 0.2) is 0 Å². The summed E-state index contributed by atoms with van der Waals surface area (Å²) in [6.07, 6.45) is 3.46. The predicted molar refractivity (Wildman–Crippen MR) is 133 cm³/mol. The van der Waals surface area contributed by atoms with Crippen molar-refractivity contribution in [2.75, 3.05) is 6.54 Å². The van der Waals surface area contributed by atoms with Gasteiger partial charge in [0.1, 0.15) is 23.6 Å². The summed E-state index contributed by atoms with van der Waals surface area (Å²) in [6.45, 7) is 7.98. The molecule has 0 atom stereocenters. The zero-order chi connectivity index (χ0) is 24.6. The molecule has 3 N–H and O–H groups in total. The van der Waals surface area contributed by atoms with Gasteiger partial charge in [-0.25, -0.2) is 0 Å². The molecule has 8 nitrogen and oxygen atoms in total. The lowest BCUT2D eigenvalue weighted by Gasteiger charge is -2.13. The molecule has 0 aromatic carbocycles. The van der Waals surface area contributed by atoms with E-state index in [0.29, 0.717) is 28.9 Å². The first-order chi connectivity index (χ1) is 16.1. The van der Waals surface area contributed by atoms with Crippen molar-refractivity contribution in [1.82, 2.24) is 19.9 Å². The van der Waals surface area contributed by atoms with Crippen LogP contribution in [0.1, 0.15) is 47.4 Å². The van der Waals surface area contributed by atoms with Crippen molar-refractivity contribution in [1.29, 1.82) is 0 Å². The van der Waals surface area contributed by atoms with Crippen LogP contribution in [0.5, 0.6) is 5.75 Å². The van der Waals surface area contributed by atoms with E-state index in [9.17, 15) is 14.7 Å². The second-order valence-corrected chi connectivity index (χ2v) is 9.76. The molecule has 0 aliphatic rings. The summed E-state index contributed by atoms with van der Waals surface area (Å²) >= 11 is 1.39. The van der Waals surface area contributed by atoms with Gasteiger partial charge in [0.05, 0.1) is 16.2 Å². The van der Waals surface area contributed by atoms with E-state index in [1.165, 1.54) is 15.9 Å². The number of thiophene rings is 1. The summed E-state index contributed by atoms with van der Waals surface area (Å²) in [7, 11) is 1.67. The first-order valence-electron chi connectivity index (χ1n) is 11.0. The van der Waals surface area contributed by atoms with Crippen molar-refractivity contribution in [3.63, 3.8) is 0 Å². The number of aromatic amines is 1. The minimum atomic E-state index is -1.08. The number of carbonyl (C=O) groups excluding carboxylic acids is 1. The molecule has 9 heteroatoms. The quantitative estimate of drug-likeness (QED) is 0.372. The molecule has 4 aromatic heterocycles. The van der Waals surface area contributed by atoms with Crippen molar-refractivity contribution < 1.29 is 14.6 Å². The van der Waals surface area contributed by atoms with E-state index in [1.54, 1.807) is 39.4 Å². The lowest BCUT2D eigenvalue weighted by molar-refractivity contribution is 0.0823. The molecule has 4 heterocycles. The number of amides is 1. The van der Waals surface area contributed by atoms with Gasteiger partial charge in [-0.2, -0.15) is 0 Å². The van der Waals surface area contributed by atoms with E-state index in [1.807, 2.05) is 32.0 Å². The summed E-state index contributed by atoms with van der Waals surface area (Å²) in [5.74, 6) is 0.296. The molecule has 0 fully saturated rings. The van der Waals surface area contributed by atoms with Gasteiger partial charge in [-0.05, 0) is 51.5 Å². The highest BCUT2D eigenvalue weighted by molar-refractivity contribution is 7.16. The highest BCUT2D eigenvalue weighted by atomic mass is 32.1. The van der Waals surface area contributed by atoms with Crippen LogP contribution in [-0.2, 0) is 19.3 Å². The van der Waals surface area contributed by atoms with Gasteiger partial charge in [-0.1, -0.05) is 6.07 Å². The molecule has 0 unspecified atom stereocenters. The zero-order valence-electron chi connectivity index (χ0n) is 19.9. The second kappa shape index (κ2) is 9.08. The molecule has 34 heavy (non-hydrogen) atoms. The Morgan fingerprint density at radius 3 is 2.79 bits per heavy atom. The normalized spacial score (nSPS) is 11.7. The Hall–Kier alpha value is -3.43. The van der Waals surface area contributed by atoms with Crippen LogP contribution in [0.3, 0.4) is 0 Å². The number of aliphatic hydroxyl groups is 1. The van der Waals surface area contributed by atoms with Gasteiger partial charge >= 0.3 is 0 Å². The summed E-state index contributed by atoms with van der Waals surface area (Å²) < 4.78 is 7.68. The Morgan fingerprint density at radius 1 is 1.35 bits per heavy atom. The molecular weight excluding hydrogens is 452 g/mol. The lowest BCUT2D eigenvalue weighted by Crippen LogP contribution is -2.23. The largest absolute Gasteiger partial charge is 0.486 e. The van der Waals surface area contributed by atoms with Crippen LogP contribution < -0.4 is 15.6 Å². The number of rotatable bonds is 7. The third-order valence-electron chi connectivity index (χ3n) is 5.57. The fourth-order valence-electron chi connectivity index (χ4n) is 3.68. The predicted octanol–water partition coefficient (Wildman–Crippen LogP) is 3.85. The van der Waals surface area contributed by atoms with Crippen LogP contribution in [0.25, 0.3) is 21.3 Å². The van der Waals surface area contributed by atoms with Gasteiger partial charge in [0, 0.05) is 41.8 Å². The maximum Gasteiger partial charge on any atom is 0.274 e. The Balaban J connectivity index is 1.87. The number of pyridine rings is 2. The number of nitrogens with zero attached hydrogens (tertiary/aromatic N) is 2. The number of carbonyl (C=O) groups is 1. The van der Waals surface area contributed by atoms with E-state index in [2.05, 4.69) is 15.3 Å².